The molecule has 0 radical (unpaired) electrons. The molecule has 2 aromatic rings. The topological polar surface area (TPSA) is 72.8 Å². The van der Waals surface area contributed by atoms with E-state index in [-0.39, 0.29) is 36.1 Å². The highest BCUT2D eigenvalue weighted by atomic mass is 127. The lowest BCUT2D eigenvalue weighted by Crippen LogP contribution is -2.49. The van der Waals surface area contributed by atoms with Gasteiger partial charge in [0, 0.05) is 37.4 Å². The Balaban J connectivity index is 0.00000320. The largest absolute Gasteiger partial charge is 0.386 e. The van der Waals surface area contributed by atoms with Crippen LogP contribution in [-0.2, 0) is 0 Å². The molecular weight excluding hydrogens is 496 g/mol. The number of benzene rings is 1. The number of hydrogen-bond donors (Lipinski definition) is 3. The van der Waals surface area contributed by atoms with Crippen LogP contribution >= 0.6 is 24.0 Å². The molecule has 1 saturated heterocycles. The van der Waals surface area contributed by atoms with Crippen LogP contribution in [0.4, 0.5) is 10.2 Å². The summed E-state index contributed by atoms with van der Waals surface area (Å²) in [6.07, 6.45) is 2.86. The van der Waals surface area contributed by atoms with Crippen LogP contribution in [0.5, 0.6) is 0 Å². The summed E-state index contributed by atoms with van der Waals surface area (Å²) in [7, 11) is 0. The van der Waals surface area contributed by atoms with Crippen LogP contribution in [-0.4, -0.2) is 48.3 Å². The third-order valence-electron chi connectivity index (χ3n) is 5.09. The molecule has 1 aromatic carbocycles. The molecule has 0 spiro atoms. The number of anilines is 1. The van der Waals surface area contributed by atoms with Crippen molar-refractivity contribution in [3.63, 3.8) is 0 Å². The highest BCUT2D eigenvalue weighted by molar-refractivity contribution is 14.0. The summed E-state index contributed by atoms with van der Waals surface area (Å²) in [4.78, 5) is 11.3. The molecule has 6 nitrogen and oxygen atoms in total. The summed E-state index contributed by atoms with van der Waals surface area (Å²) in [5.74, 6) is 1.25. The van der Waals surface area contributed by atoms with E-state index in [0.717, 1.165) is 37.3 Å². The fourth-order valence-corrected chi connectivity index (χ4v) is 3.43. The molecule has 0 aliphatic carbocycles. The summed E-state index contributed by atoms with van der Waals surface area (Å²) >= 11 is 0. The van der Waals surface area contributed by atoms with Crippen molar-refractivity contribution < 1.29 is 9.50 Å². The molecule has 3 rings (SSSR count). The van der Waals surface area contributed by atoms with Gasteiger partial charge in [-0.15, -0.1) is 24.0 Å². The number of aliphatic hydroxyl groups is 1. The number of aromatic nitrogens is 1. The van der Waals surface area contributed by atoms with Crippen molar-refractivity contribution in [1.29, 1.82) is 0 Å². The highest BCUT2D eigenvalue weighted by Crippen LogP contribution is 2.19. The van der Waals surface area contributed by atoms with E-state index in [2.05, 4.69) is 37.6 Å². The van der Waals surface area contributed by atoms with Crippen molar-refractivity contribution in [3.8, 4) is 0 Å². The lowest BCUT2D eigenvalue weighted by atomic mass is 10.1. The Labute approximate surface area is 195 Å². The minimum absolute atomic E-state index is 0. The fourth-order valence-electron chi connectivity index (χ4n) is 3.43. The molecule has 1 aromatic heterocycles. The maximum Gasteiger partial charge on any atom is 0.191 e. The summed E-state index contributed by atoms with van der Waals surface area (Å²) in [5, 5.41) is 16.9. The number of rotatable bonds is 6. The maximum atomic E-state index is 13.8. The van der Waals surface area contributed by atoms with E-state index in [1.807, 2.05) is 20.0 Å². The molecule has 1 unspecified atom stereocenters. The third-order valence-corrected chi connectivity index (χ3v) is 5.09. The molecule has 0 saturated carbocycles. The van der Waals surface area contributed by atoms with E-state index in [0.29, 0.717) is 18.5 Å². The van der Waals surface area contributed by atoms with E-state index in [9.17, 15) is 9.50 Å². The predicted octanol–water partition coefficient (Wildman–Crippen LogP) is 3.40. The van der Waals surface area contributed by atoms with Gasteiger partial charge in [-0.25, -0.2) is 9.37 Å². The first kappa shape index (κ1) is 24.3. The standard InChI is InChI=1S/C22H30FN5O.HI/c1-3-24-22(26-15-20(29)18-6-4-5-7-19(18)23)27-17-10-12-28(13-11-17)21-9-8-16(2)14-25-21;/h4-9,14,17,20,29H,3,10-13,15H2,1-2H3,(H2,24,26,27);1H. The van der Waals surface area contributed by atoms with Crippen LogP contribution in [0.2, 0.25) is 0 Å². The zero-order valence-electron chi connectivity index (χ0n) is 17.5. The number of piperidine rings is 1. The van der Waals surface area contributed by atoms with Crippen molar-refractivity contribution in [3.05, 3.63) is 59.5 Å². The van der Waals surface area contributed by atoms with Crippen LogP contribution in [0.3, 0.4) is 0 Å². The zero-order valence-corrected chi connectivity index (χ0v) is 19.8. The van der Waals surface area contributed by atoms with Crippen LogP contribution < -0.4 is 15.5 Å². The number of aliphatic hydroxyl groups excluding tert-OH is 1. The number of aliphatic imine (C=N–C) groups is 1. The Morgan fingerprint density at radius 3 is 2.63 bits per heavy atom. The van der Waals surface area contributed by atoms with Crippen molar-refractivity contribution in [2.45, 2.75) is 38.8 Å². The zero-order chi connectivity index (χ0) is 20.6. The van der Waals surface area contributed by atoms with Crippen molar-refractivity contribution in [2.24, 2.45) is 4.99 Å². The van der Waals surface area contributed by atoms with Gasteiger partial charge in [0.25, 0.3) is 0 Å². The number of nitrogens with one attached hydrogen (secondary N) is 2. The molecule has 3 N–H and O–H groups in total. The lowest BCUT2D eigenvalue weighted by Gasteiger charge is -2.34. The Morgan fingerprint density at radius 1 is 1.27 bits per heavy atom. The number of pyridine rings is 1. The van der Waals surface area contributed by atoms with E-state index >= 15 is 0 Å². The molecule has 1 atom stereocenters. The third kappa shape index (κ3) is 6.80. The molecule has 0 amide bonds. The average Bonchev–Trinajstić information content (AvgIpc) is 2.73. The van der Waals surface area contributed by atoms with Gasteiger partial charge in [0.2, 0.25) is 0 Å². The van der Waals surface area contributed by atoms with Gasteiger partial charge in [0.15, 0.2) is 5.96 Å². The minimum atomic E-state index is -0.971. The second-order valence-corrected chi connectivity index (χ2v) is 7.36. The molecule has 30 heavy (non-hydrogen) atoms. The SMILES string of the molecule is CCNC(=NCC(O)c1ccccc1F)NC1CCN(c2ccc(C)cn2)CC1.I. The molecule has 1 aliphatic rings. The molecule has 164 valence electrons. The molecular formula is C22H31FIN5O. The number of guanidine groups is 1. The van der Waals surface area contributed by atoms with Crippen LogP contribution in [0.15, 0.2) is 47.6 Å². The predicted molar refractivity (Wildman–Crippen MR) is 130 cm³/mol. The van der Waals surface area contributed by atoms with Crippen molar-refractivity contribution in [2.75, 3.05) is 31.1 Å². The quantitative estimate of drug-likeness (QED) is 0.305. The summed E-state index contributed by atoms with van der Waals surface area (Å²) in [5.41, 5.74) is 1.43. The molecule has 0 bridgehead atoms. The van der Waals surface area contributed by atoms with Gasteiger partial charge in [-0.05, 0) is 44.4 Å². The first-order valence-corrected chi connectivity index (χ1v) is 10.2. The second kappa shape index (κ2) is 12.0. The van der Waals surface area contributed by atoms with Crippen LogP contribution in [0.25, 0.3) is 0 Å². The number of nitrogens with zero attached hydrogens (tertiary/aromatic N) is 3. The van der Waals surface area contributed by atoms with Gasteiger partial charge in [-0.3, -0.25) is 4.99 Å². The van der Waals surface area contributed by atoms with Gasteiger partial charge in [-0.2, -0.15) is 0 Å². The van der Waals surface area contributed by atoms with Gasteiger partial charge in [0.05, 0.1) is 6.54 Å². The van der Waals surface area contributed by atoms with Crippen LogP contribution in [0, 0.1) is 12.7 Å². The van der Waals surface area contributed by atoms with Crippen molar-refractivity contribution in [1.82, 2.24) is 15.6 Å². The molecule has 1 aliphatic heterocycles. The van der Waals surface area contributed by atoms with E-state index in [1.54, 1.807) is 18.2 Å². The number of hydrogen-bond acceptors (Lipinski definition) is 4. The molecule has 1 fully saturated rings. The van der Waals surface area contributed by atoms with E-state index in [1.165, 1.54) is 6.07 Å². The van der Waals surface area contributed by atoms with Crippen LogP contribution in [0.1, 0.15) is 37.0 Å². The lowest BCUT2D eigenvalue weighted by molar-refractivity contribution is 0.182. The Bertz CT molecular complexity index is 809. The Kier molecular flexibility index (Phi) is 9.77. The number of halogens is 2. The minimum Gasteiger partial charge on any atom is -0.386 e. The van der Waals surface area contributed by atoms with E-state index in [4.69, 9.17) is 0 Å². The smallest absolute Gasteiger partial charge is 0.191 e. The summed E-state index contributed by atoms with van der Waals surface area (Å²) < 4.78 is 13.8. The van der Waals surface area contributed by atoms with E-state index < -0.39 is 11.9 Å². The molecule has 8 heteroatoms. The number of aryl methyl sites for hydroxylation is 1. The Hall–Kier alpha value is -1.94. The monoisotopic (exact) mass is 527 g/mol. The summed E-state index contributed by atoms with van der Waals surface area (Å²) in [6.45, 7) is 6.69. The highest BCUT2D eigenvalue weighted by Gasteiger charge is 2.21. The summed E-state index contributed by atoms with van der Waals surface area (Å²) in [6, 6.07) is 10.7. The average molecular weight is 527 g/mol. The van der Waals surface area contributed by atoms with Crippen molar-refractivity contribution >= 4 is 35.8 Å². The Morgan fingerprint density at radius 2 is 2.00 bits per heavy atom. The first-order valence-electron chi connectivity index (χ1n) is 10.2. The second-order valence-electron chi connectivity index (χ2n) is 7.36. The first-order chi connectivity index (χ1) is 14.1. The normalized spacial score (nSPS) is 16.0. The van der Waals surface area contributed by atoms with Gasteiger partial charge < -0.3 is 20.6 Å². The van der Waals surface area contributed by atoms with Gasteiger partial charge >= 0.3 is 0 Å². The molecule has 2 heterocycles. The van der Waals surface area contributed by atoms with Gasteiger partial charge in [-0.1, -0.05) is 24.3 Å². The maximum absolute atomic E-state index is 13.8. The fraction of sp³-hybridized carbons (Fsp3) is 0.455. The van der Waals surface area contributed by atoms with Gasteiger partial charge in [0.1, 0.15) is 17.7 Å².